The molecule has 0 unspecified atom stereocenters. The van der Waals surface area contributed by atoms with E-state index in [0.29, 0.717) is 10.9 Å². The van der Waals surface area contributed by atoms with Gasteiger partial charge in [0.05, 0.1) is 17.1 Å². The molecule has 0 saturated carbocycles. The summed E-state index contributed by atoms with van der Waals surface area (Å²) in [7, 11) is 0. The van der Waals surface area contributed by atoms with E-state index in [4.69, 9.17) is 0 Å². The Kier molecular flexibility index (Phi) is 5.00. The minimum atomic E-state index is 0.177. The average molecular weight is 314 g/mol. The fourth-order valence-corrected chi connectivity index (χ4v) is 3.16. The van der Waals surface area contributed by atoms with Crippen molar-refractivity contribution >= 4 is 17.7 Å². The second-order valence-corrected chi connectivity index (χ2v) is 6.11. The van der Waals surface area contributed by atoms with Gasteiger partial charge in [0, 0.05) is 25.5 Å². The lowest BCUT2D eigenvalue weighted by Crippen LogP contribution is -2.36. The van der Waals surface area contributed by atoms with Gasteiger partial charge in [0.15, 0.2) is 5.16 Å². The number of nitrogens with zero attached hydrogens (tertiary/aromatic N) is 4. The predicted molar refractivity (Wildman–Crippen MR) is 86.4 cm³/mol. The lowest BCUT2D eigenvalue weighted by molar-refractivity contribution is -0.129. The summed E-state index contributed by atoms with van der Waals surface area (Å²) in [4.78, 5) is 27.1. The molecule has 3 heterocycles. The minimum Gasteiger partial charge on any atom is -0.342 e. The number of piperidine rings is 1. The van der Waals surface area contributed by atoms with Gasteiger partial charge in [-0.3, -0.25) is 9.78 Å². The van der Waals surface area contributed by atoms with E-state index in [0.717, 1.165) is 37.3 Å². The number of hydrogen-bond acceptors (Lipinski definition) is 5. The molecule has 5 nitrogen and oxygen atoms in total. The van der Waals surface area contributed by atoms with Crippen LogP contribution in [0.15, 0.2) is 41.8 Å². The number of hydrogen-bond donors (Lipinski definition) is 0. The Morgan fingerprint density at radius 2 is 1.91 bits per heavy atom. The highest BCUT2D eigenvalue weighted by molar-refractivity contribution is 7.99. The standard InChI is InChI=1S/C16H18N4OS/c21-15(20-10-4-1-5-11-20)12-22-16-18-9-7-14(19-16)13-6-2-3-8-17-13/h2-3,6-9H,1,4-5,10-12H2. The normalized spacial score (nSPS) is 14.8. The Bertz CT molecular complexity index is 629. The Labute approximate surface area is 134 Å². The number of amides is 1. The molecule has 2 aromatic heterocycles. The van der Waals surface area contributed by atoms with Crippen LogP contribution in [-0.2, 0) is 4.79 Å². The molecule has 2 aromatic rings. The molecular formula is C16H18N4OS. The van der Waals surface area contributed by atoms with Crippen LogP contribution in [0, 0.1) is 0 Å². The maximum Gasteiger partial charge on any atom is 0.233 e. The van der Waals surface area contributed by atoms with Crippen LogP contribution < -0.4 is 0 Å². The van der Waals surface area contributed by atoms with Crippen molar-refractivity contribution in [3.63, 3.8) is 0 Å². The summed E-state index contributed by atoms with van der Waals surface area (Å²) in [5.41, 5.74) is 1.60. The van der Waals surface area contributed by atoms with Crippen LogP contribution >= 0.6 is 11.8 Å². The molecule has 1 aliphatic heterocycles. The second-order valence-electron chi connectivity index (χ2n) is 5.17. The predicted octanol–water partition coefficient (Wildman–Crippen LogP) is 2.64. The van der Waals surface area contributed by atoms with Gasteiger partial charge in [-0.25, -0.2) is 9.97 Å². The third-order valence-electron chi connectivity index (χ3n) is 3.59. The van der Waals surface area contributed by atoms with Crippen molar-refractivity contribution in [3.05, 3.63) is 36.7 Å². The van der Waals surface area contributed by atoms with E-state index in [-0.39, 0.29) is 5.91 Å². The molecule has 0 N–H and O–H groups in total. The molecule has 0 atom stereocenters. The van der Waals surface area contributed by atoms with Gasteiger partial charge >= 0.3 is 0 Å². The third-order valence-corrected chi connectivity index (χ3v) is 4.44. The maximum absolute atomic E-state index is 12.2. The Morgan fingerprint density at radius 1 is 1.05 bits per heavy atom. The lowest BCUT2D eigenvalue weighted by atomic mass is 10.1. The highest BCUT2D eigenvalue weighted by Gasteiger charge is 2.17. The summed E-state index contributed by atoms with van der Waals surface area (Å²) in [5, 5.41) is 0.619. The molecule has 1 saturated heterocycles. The summed E-state index contributed by atoms with van der Waals surface area (Å²) in [5.74, 6) is 0.572. The largest absolute Gasteiger partial charge is 0.342 e. The number of carbonyl (C=O) groups is 1. The van der Waals surface area contributed by atoms with Crippen molar-refractivity contribution in [2.75, 3.05) is 18.8 Å². The highest BCUT2D eigenvalue weighted by atomic mass is 32.2. The lowest BCUT2D eigenvalue weighted by Gasteiger charge is -2.26. The van der Waals surface area contributed by atoms with Crippen LogP contribution in [0.5, 0.6) is 0 Å². The summed E-state index contributed by atoms with van der Waals surface area (Å²) >= 11 is 1.39. The van der Waals surface area contributed by atoms with Crippen molar-refractivity contribution in [2.45, 2.75) is 24.4 Å². The number of pyridine rings is 1. The molecule has 3 rings (SSSR count). The van der Waals surface area contributed by atoms with Crippen molar-refractivity contribution in [2.24, 2.45) is 0 Å². The highest BCUT2D eigenvalue weighted by Crippen LogP contribution is 2.19. The summed E-state index contributed by atoms with van der Waals surface area (Å²) in [6.07, 6.45) is 6.91. The number of likely N-dealkylation sites (tertiary alicyclic amines) is 1. The van der Waals surface area contributed by atoms with Crippen LogP contribution in [0.4, 0.5) is 0 Å². The maximum atomic E-state index is 12.2. The Balaban J connectivity index is 1.62. The van der Waals surface area contributed by atoms with Crippen molar-refractivity contribution in [1.82, 2.24) is 19.9 Å². The number of aromatic nitrogens is 3. The van der Waals surface area contributed by atoms with Crippen molar-refractivity contribution < 1.29 is 4.79 Å². The molecule has 114 valence electrons. The average Bonchev–Trinajstić information content (AvgIpc) is 2.61. The fraction of sp³-hybridized carbons (Fsp3) is 0.375. The van der Waals surface area contributed by atoms with E-state index >= 15 is 0 Å². The van der Waals surface area contributed by atoms with Gasteiger partial charge < -0.3 is 4.90 Å². The van der Waals surface area contributed by atoms with E-state index in [1.165, 1.54) is 18.2 Å². The van der Waals surface area contributed by atoms with Gasteiger partial charge in [-0.1, -0.05) is 17.8 Å². The summed E-state index contributed by atoms with van der Waals surface area (Å²) < 4.78 is 0. The van der Waals surface area contributed by atoms with Crippen molar-refractivity contribution in [3.8, 4) is 11.4 Å². The van der Waals surface area contributed by atoms with Crippen LogP contribution in [0.2, 0.25) is 0 Å². The Hall–Kier alpha value is -1.95. The zero-order valence-corrected chi connectivity index (χ0v) is 13.1. The van der Waals surface area contributed by atoms with Gasteiger partial charge in [0.2, 0.25) is 5.91 Å². The monoisotopic (exact) mass is 314 g/mol. The molecule has 0 spiro atoms. The summed E-state index contributed by atoms with van der Waals surface area (Å²) in [6, 6.07) is 7.54. The first-order chi connectivity index (χ1) is 10.8. The zero-order valence-electron chi connectivity index (χ0n) is 12.3. The molecule has 1 aliphatic rings. The number of carbonyl (C=O) groups excluding carboxylic acids is 1. The topological polar surface area (TPSA) is 59.0 Å². The van der Waals surface area contributed by atoms with E-state index in [1.807, 2.05) is 29.2 Å². The van der Waals surface area contributed by atoms with Gasteiger partial charge in [0.25, 0.3) is 0 Å². The Morgan fingerprint density at radius 3 is 2.68 bits per heavy atom. The van der Waals surface area contributed by atoms with Gasteiger partial charge in [0.1, 0.15) is 0 Å². The van der Waals surface area contributed by atoms with Gasteiger partial charge in [-0.2, -0.15) is 0 Å². The zero-order chi connectivity index (χ0) is 15.2. The summed E-state index contributed by atoms with van der Waals surface area (Å²) in [6.45, 7) is 1.77. The molecule has 0 radical (unpaired) electrons. The van der Waals surface area contributed by atoms with Crippen LogP contribution in [0.1, 0.15) is 19.3 Å². The molecule has 6 heteroatoms. The first-order valence-electron chi connectivity index (χ1n) is 7.48. The minimum absolute atomic E-state index is 0.177. The molecule has 1 fully saturated rings. The molecular weight excluding hydrogens is 296 g/mol. The van der Waals surface area contributed by atoms with Gasteiger partial charge in [-0.15, -0.1) is 0 Å². The van der Waals surface area contributed by atoms with Crippen LogP contribution in [0.25, 0.3) is 11.4 Å². The van der Waals surface area contributed by atoms with Crippen LogP contribution in [0.3, 0.4) is 0 Å². The van der Waals surface area contributed by atoms with Crippen molar-refractivity contribution in [1.29, 1.82) is 0 Å². The van der Waals surface area contributed by atoms with Crippen LogP contribution in [-0.4, -0.2) is 44.6 Å². The first kappa shape index (κ1) is 15.0. The molecule has 1 amide bonds. The quantitative estimate of drug-likeness (QED) is 0.641. The smallest absolute Gasteiger partial charge is 0.233 e. The SMILES string of the molecule is O=C(CSc1nccc(-c2ccccn2)n1)N1CCCCC1. The molecule has 0 aromatic carbocycles. The van der Waals surface area contributed by atoms with E-state index in [9.17, 15) is 4.79 Å². The first-order valence-corrected chi connectivity index (χ1v) is 8.46. The van der Waals surface area contributed by atoms with Gasteiger partial charge in [-0.05, 0) is 37.5 Å². The molecule has 0 aliphatic carbocycles. The number of rotatable bonds is 4. The third kappa shape index (κ3) is 3.82. The van der Waals surface area contributed by atoms with E-state index in [1.54, 1.807) is 12.4 Å². The van der Waals surface area contributed by atoms with E-state index in [2.05, 4.69) is 15.0 Å². The number of thioether (sulfide) groups is 1. The molecule has 0 bridgehead atoms. The second kappa shape index (κ2) is 7.35. The fourth-order valence-electron chi connectivity index (χ4n) is 2.43. The van der Waals surface area contributed by atoms with E-state index < -0.39 is 0 Å². The molecule has 22 heavy (non-hydrogen) atoms.